The number of methoxy groups -OCH3 is 1. The smallest absolute Gasteiger partial charge is 0.278 e. The molecule has 0 unspecified atom stereocenters. The number of rotatable bonds is 7. The van der Waals surface area contributed by atoms with Gasteiger partial charge in [-0.15, -0.1) is 0 Å². The molecule has 1 aromatic carbocycles. The van der Waals surface area contributed by atoms with E-state index in [0.717, 1.165) is 16.9 Å². The van der Waals surface area contributed by atoms with Crippen LogP contribution in [0, 0.1) is 0 Å². The molecule has 0 saturated heterocycles. The van der Waals surface area contributed by atoms with E-state index in [2.05, 4.69) is 9.97 Å². The predicted octanol–water partition coefficient (Wildman–Crippen LogP) is 3.07. The molecule has 2 N–H and O–H groups in total. The Labute approximate surface area is 184 Å². The summed E-state index contributed by atoms with van der Waals surface area (Å²) in [5.41, 5.74) is 6.55. The number of oxazole rings is 1. The second kappa shape index (κ2) is 8.30. The van der Waals surface area contributed by atoms with Crippen LogP contribution in [-0.4, -0.2) is 27.6 Å². The third kappa shape index (κ3) is 3.75. The number of hydrogen-bond acceptors (Lipinski definition) is 6. The van der Waals surface area contributed by atoms with Gasteiger partial charge in [0.15, 0.2) is 0 Å². The van der Waals surface area contributed by atoms with Gasteiger partial charge >= 0.3 is 0 Å². The molecule has 3 aromatic heterocycles. The number of aryl methyl sites for hydroxylation is 2. The molecule has 0 bridgehead atoms. The highest BCUT2D eigenvalue weighted by molar-refractivity contribution is 5.85. The van der Waals surface area contributed by atoms with Crippen molar-refractivity contribution in [1.29, 1.82) is 0 Å². The Balaban J connectivity index is 1.87. The number of pyridine rings is 2. The van der Waals surface area contributed by atoms with Gasteiger partial charge in [0.05, 0.1) is 13.3 Å². The minimum atomic E-state index is -1.23. The van der Waals surface area contributed by atoms with Crippen molar-refractivity contribution in [1.82, 2.24) is 14.5 Å². The van der Waals surface area contributed by atoms with E-state index in [1.54, 1.807) is 33.2 Å². The van der Waals surface area contributed by atoms with Crippen LogP contribution in [0.15, 0.2) is 64.3 Å². The van der Waals surface area contributed by atoms with Gasteiger partial charge in [0.2, 0.25) is 11.8 Å². The van der Waals surface area contributed by atoms with Crippen LogP contribution in [-0.2, 0) is 23.2 Å². The standard InChI is InChI=1S/C24H24N4O4/c1-24(2,23(25)30)28-14-16(9-8-15-6-4-5-7-19(15)31-3)17-10-11-18(21-26-12-13-32-21)27-20(17)22(28)29/h4-7,10-14H,8-9H2,1-3H3,(H2,25,30). The SMILES string of the molecule is COc1ccccc1CCc1cn(C(C)(C)C(N)=O)c(=O)c2nc(-c3ncco3)ccc12. The third-order valence-electron chi connectivity index (χ3n) is 5.66. The van der Waals surface area contributed by atoms with Crippen molar-refractivity contribution >= 4 is 16.8 Å². The molecule has 0 aliphatic rings. The van der Waals surface area contributed by atoms with Gasteiger partial charge in [-0.25, -0.2) is 9.97 Å². The number of ether oxygens (including phenoxy) is 1. The highest BCUT2D eigenvalue weighted by atomic mass is 16.5. The molecule has 0 saturated carbocycles. The van der Waals surface area contributed by atoms with Crippen LogP contribution < -0.4 is 16.0 Å². The van der Waals surface area contributed by atoms with Gasteiger partial charge in [0.1, 0.15) is 28.8 Å². The number of benzene rings is 1. The summed E-state index contributed by atoms with van der Waals surface area (Å²) in [5, 5.41) is 0.705. The minimum absolute atomic E-state index is 0.229. The van der Waals surface area contributed by atoms with E-state index in [1.807, 2.05) is 30.3 Å². The Morgan fingerprint density at radius 2 is 1.91 bits per heavy atom. The Hall–Kier alpha value is -3.94. The molecule has 8 heteroatoms. The number of fused-ring (bicyclic) bond motifs is 1. The molecule has 164 valence electrons. The molecular formula is C24H24N4O4. The van der Waals surface area contributed by atoms with Gasteiger partial charge in [-0.05, 0) is 56.0 Å². The summed E-state index contributed by atoms with van der Waals surface area (Å²) >= 11 is 0. The maximum Gasteiger partial charge on any atom is 0.278 e. The molecule has 4 aromatic rings. The number of carbonyl (C=O) groups excluding carboxylic acids is 1. The lowest BCUT2D eigenvalue weighted by Gasteiger charge is -2.25. The van der Waals surface area contributed by atoms with Crippen molar-refractivity contribution < 1.29 is 13.9 Å². The molecule has 0 aliphatic carbocycles. The number of carbonyl (C=O) groups is 1. The summed E-state index contributed by atoms with van der Waals surface area (Å²) in [7, 11) is 1.64. The molecule has 32 heavy (non-hydrogen) atoms. The van der Waals surface area contributed by atoms with E-state index in [9.17, 15) is 9.59 Å². The second-order valence-electron chi connectivity index (χ2n) is 7.99. The lowest BCUT2D eigenvalue weighted by atomic mass is 9.99. The van der Waals surface area contributed by atoms with Gasteiger partial charge < -0.3 is 14.9 Å². The summed E-state index contributed by atoms with van der Waals surface area (Å²) in [4.78, 5) is 34.1. The second-order valence-corrected chi connectivity index (χ2v) is 7.99. The third-order valence-corrected chi connectivity index (χ3v) is 5.66. The largest absolute Gasteiger partial charge is 0.496 e. The van der Waals surface area contributed by atoms with E-state index in [1.165, 1.54) is 17.0 Å². The Kier molecular flexibility index (Phi) is 5.52. The Bertz CT molecular complexity index is 1340. The monoisotopic (exact) mass is 432 g/mol. The first-order valence-electron chi connectivity index (χ1n) is 10.2. The first kappa shape index (κ1) is 21.3. The Morgan fingerprint density at radius 1 is 1.16 bits per heavy atom. The van der Waals surface area contributed by atoms with Gasteiger partial charge in [-0.2, -0.15) is 0 Å². The van der Waals surface area contributed by atoms with Crippen molar-refractivity contribution in [2.24, 2.45) is 5.73 Å². The number of para-hydroxylation sites is 1. The van der Waals surface area contributed by atoms with Crippen LogP contribution in [0.3, 0.4) is 0 Å². The highest BCUT2D eigenvalue weighted by Crippen LogP contribution is 2.25. The fraction of sp³-hybridized carbons (Fsp3) is 0.250. The number of nitrogens with two attached hydrogens (primary N) is 1. The first-order valence-corrected chi connectivity index (χ1v) is 10.2. The average molecular weight is 432 g/mol. The molecule has 0 radical (unpaired) electrons. The minimum Gasteiger partial charge on any atom is -0.496 e. The Morgan fingerprint density at radius 3 is 2.59 bits per heavy atom. The van der Waals surface area contributed by atoms with Crippen molar-refractivity contribution in [2.45, 2.75) is 32.2 Å². The number of nitrogens with zero attached hydrogens (tertiary/aromatic N) is 3. The molecule has 0 atom stereocenters. The molecule has 0 spiro atoms. The van der Waals surface area contributed by atoms with Crippen LogP contribution in [0.2, 0.25) is 0 Å². The normalized spacial score (nSPS) is 11.6. The molecule has 8 nitrogen and oxygen atoms in total. The molecule has 4 rings (SSSR count). The number of primary amides is 1. The van der Waals surface area contributed by atoms with E-state index < -0.39 is 17.0 Å². The topological polar surface area (TPSA) is 113 Å². The van der Waals surface area contributed by atoms with Crippen molar-refractivity contribution in [3.05, 3.63) is 76.5 Å². The maximum absolute atomic E-state index is 13.3. The van der Waals surface area contributed by atoms with Crippen LogP contribution in [0.1, 0.15) is 25.0 Å². The van der Waals surface area contributed by atoms with Crippen LogP contribution in [0.5, 0.6) is 5.75 Å². The van der Waals surface area contributed by atoms with Gasteiger partial charge in [-0.1, -0.05) is 18.2 Å². The molecule has 0 aliphatic heterocycles. The zero-order chi connectivity index (χ0) is 22.9. The lowest BCUT2D eigenvalue weighted by molar-refractivity contribution is -0.125. The molecule has 1 amide bonds. The van der Waals surface area contributed by atoms with E-state index in [-0.39, 0.29) is 5.52 Å². The van der Waals surface area contributed by atoms with E-state index in [4.69, 9.17) is 14.9 Å². The summed E-state index contributed by atoms with van der Waals surface area (Å²) in [6.45, 7) is 3.23. The fourth-order valence-corrected chi connectivity index (χ4v) is 3.66. The maximum atomic E-state index is 13.3. The number of amides is 1. The first-order chi connectivity index (χ1) is 15.3. The van der Waals surface area contributed by atoms with Crippen molar-refractivity contribution in [3.8, 4) is 17.3 Å². The summed E-state index contributed by atoms with van der Waals surface area (Å²) < 4.78 is 12.2. The summed E-state index contributed by atoms with van der Waals surface area (Å²) in [6.07, 6.45) is 5.94. The molecular weight excluding hydrogens is 408 g/mol. The highest BCUT2D eigenvalue weighted by Gasteiger charge is 2.30. The van der Waals surface area contributed by atoms with Crippen molar-refractivity contribution in [2.75, 3.05) is 7.11 Å². The zero-order valence-corrected chi connectivity index (χ0v) is 18.2. The fourth-order valence-electron chi connectivity index (χ4n) is 3.66. The van der Waals surface area contributed by atoms with Crippen LogP contribution >= 0.6 is 0 Å². The average Bonchev–Trinajstić information content (AvgIpc) is 3.33. The molecule has 0 fully saturated rings. The van der Waals surface area contributed by atoms with E-state index >= 15 is 0 Å². The van der Waals surface area contributed by atoms with Crippen molar-refractivity contribution in [3.63, 3.8) is 0 Å². The van der Waals surface area contributed by atoms with Gasteiger partial charge in [-0.3, -0.25) is 14.2 Å². The number of aromatic nitrogens is 3. The quantitative estimate of drug-likeness (QED) is 0.480. The van der Waals surface area contributed by atoms with E-state index in [0.29, 0.717) is 29.8 Å². The molecule has 3 heterocycles. The zero-order valence-electron chi connectivity index (χ0n) is 18.2. The summed E-state index contributed by atoms with van der Waals surface area (Å²) in [5.74, 6) is 0.497. The predicted molar refractivity (Wildman–Crippen MR) is 120 cm³/mol. The van der Waals surface area contributed by atoms with Crippen LogP contribution in [0.4, 0.5) is 0 Å². The van der Waals surface area contributed by atoms with Gasteiger partial charge in [0, 0.05) is 11.6 Å². The summed E-state index contributed by atoms with van der Waals surface area (Å²) in [6, 6.07) is 11.4. The van der Waals surface area contributed by atoms with Gasteiger partial charge in [0.25, 0.3) is 5.56 Å². The lowest BCUT2D eigenvalue weighted by Crippen LogP contribution is -2.46. The number of hydrogen-bond donors (Lipinski definition) is 1. The van der Waals surface area contributed by atoms with Crippen LogP contribution in [0.25, 0.3) is 22.5 Å².